The Morgan fingerprint density at radius 3 is 2.55 bits per heavy atom. The summed E-state index contributed by atoms with van der Waals surface area (Å²) in [7, 11) is 1.37. The highest BCUT2D eigenvalue weighted by atomic mass is 35.5. The summed E-state index contributed by atoms with van der Waals surface area (Å²) < 4.78 is 4.66. The van der Waals surface area contributed by atoms with Crippen molar-refractivity contribution in [2.45, 2.75) is 6.54 Å². The first-order chi connectivity index (χ1) is 8.70. The lowest BCUT2D eigenvalue weighted by Crippen LogP contribution is -2.42. The van der Waals surface area contributed by atoms with Crippen LogP contribution >= 0.6 is 36.4 Å². The lowest BCUT2D eigenvalue weighted by Gasteiger charge is -2.27. The maximum absolute atomic E-state index is 11.4. The minimum absolute atomic E-state index is 0. The van der Waals surface area contributed by atoms with E-state index < -0.39 is 0 Å². The van der Waals surface area contributed by atoms with Crippen LogP contribution in [0.15, 0.2) is 18.2 Å². The molecule has 1 saturated heterocycles. The molecule has 7 heteroatoms. The summed E-state index contributed by atoms with van der Waals surface area (Å²) >= 11 is 6.20. The third-order valence-electron chi connectivity index (χ3n) is 3.08. The fourth-order valence-electron chi connectivity index (χ4n) is 2.03. The van der Waals surface area contributed by atoms with Crippen LogP contribution in [0.3, 0.4) is 0 Å². The molecule has 20 heavy (non-hydrogen) atoms. The van der Waals surface area contributed by atoms with Gasteiger partial charge in [0.15, 0.2) is 0 Å². The number of ether oxygens (including phenoxy) is 1. The monoisotopic (exact) mass is 340 g/mol. The van der Waals surface area contributed by atoms with Crippen LogP contribution in [-0.2, 0) is 11.3 Å². The zero-order valence-electron chi connectivity index (χ0n) is 11.2. The fraction of sp³-hybridized carbons (Fsp3) is 0.462. The maximum atomic E-state index is 11.4. The van der Waals surface area contributed by atoms with Crippen LogP contribution in [0.5, 0.6) is 0 Å². The molecule has 1 aromatic rings. The quantitative estimate of drug-likeness (QED) is 0.857. The summed E-state index contributed by atoms with van der Waals surface area (Å²) in [5, 5.41) is 3.93. The topological polar surface area (TPSA) is 41.6 Å². The van der Waals surface area contributed by atoms with Gasteiger partial charge in [-0.05, 0) is 17.7 Å². The van der Waals surface area contributed by atoms with E-state index in [9.17, 15) is 4.79 Å². The SMILES string of the molecule is COC(=O)c1ccc(CN2CCNCC2)c(Cl)c1.Cl.Cl. The number of methoxy groups -OCH3 is 1. The van der Waals surface area contributed by atoms with Gasteiger partial charge in [0.1, 0.15) is 0 Å². The van der Waals surface area contributed by atoms with Crippen LogP contribution in [0.2, 0.25) is 5.02 Å². The number of nitrogens with zero attached hydrogens (tertiary/aromatic N) is 1. The van der Waals surface area contributed by atoms with Gasteiger partial charge >= 0.3 is 5.97 Å². The highest BCUT2D eigenvalue weighted by Crippen LogP contribution is 2.20. The molecule has 0 amide bonds. The first-order valence-corrected chi connectivity index (χ1v) is 6.38. The average molecular weight is 342 g/mol. The second-order valence-electron chi connectivity index (χ2n) is 4.32. The zero-order valence-corrected chi connectivity index (χ0v) is 13.6. The Balaban J connectivity index is 0.00000180. The van der Waals surface area contributed by atoms with Gasteiger partial charge in [-0.2, -0.15) is 0 Å². The number of carbonyl (C=O) groups is 1. The standard InChI is InChI=1S/C13H17ClN2O2.2ClH/c1-18-13(17)10-2-3-11(12(14)8-10)9-16-6-4-15-5-7-16;;/h2-3,8,15H,4-7,9H2,1H3;2*1H. The molecule has 1 fully saturated rings. The lowest BCUT2D eigenvalue weighted by atomic mass is 10.1. The molecule has 1 N–H and O–H groups in total. The van der Waals surface area contributed by atoms with E-state index in [1.807, 2.05) is 6.07 Å². The number of benzene rings is 1. The molecule has 4 nitrogen and oxygen atoms in total. The summed E-state index contributed by atoms with van der Waals surface area (Å²) in [5.41, 5.74) is 1.54. The molecule has 0 bridgehead atoms. The summed E-state index contributed by atoms with van der Waals surface area (Å²) in [6.07, 6.45) is 0. The van der Waals surface area contributed by atoms with Gasteiger partial charge in [0, 0.05) is 37.7 Å². The minimum Gasteiger partial charge on any atom is -0.465 e. The van der Waals surface area contributed by atoms with Crippen molar-refractivity contribution >= 4 is 42.4 Å². The Morgan fingerprint density at radius 2 is 2.00 bits per heavy atom. The molecule has 1 heterocycles. The molecule has 0 aromatic heterocycles. The summed E-state index contributed by atoms with van der Waals surface area (Å²) in [5.74, 6) is -0.356. The van der Waals surface area contributed by atoms with Gasteiger partial charge in [-0.15, -0.1) is 24.8 Å². The van der Waals surface area contributed by atoms with Crippen molar-refractivity contribution in [3.63, 3.8) is 0 Å². The summed E-state index contributed by atoms with van der Waals surface area (Å²) in [6.45, 7) is 4.89. The molecule has 1 aromatic carbocycles. The number of nitrogens with one attached hydrogen (secondary N) is 1. The molecule has 2 rings (SSSR count). The number of halogens is 3. The predicted molar refractivity (Wildman–Crippen MR) is 85.4 cm³/mol. The predicted octanol–water partition coefficient (Wildman–Crippen LogP) is 2.38. The van der Waals surface area contributed by atoms with Crippen molar-refractivity contribution in [2.75, 3.05) is 33.3 Å². The minimum atomic E-state index is -0.356. The molecule has 0 radical (unpaired) electrons. The van der Waals surface area contributed by atoms with E-state index in [4.69, 9.17) is 11.6 Å². The second kappa shape index (κ2) is 9.42. The van der Waals surface area contributed by atoms with E-state index in [0.29, 0.717) is 10.6 Å². The van der Waals surface area contributed by atoms with Crippen molar-refractivity contribution in [3.8, 4) is 0 Å². The van der Waals surface area contributed by atoms with Crippen LogP contribution in [0, 0.1) is 0 Å². The first kappa shape index (κ1) is 19.5. The summed E-state index contributed by atoms with van der Waals surface area (Å²) in [4.78, 5) is 13.7. The first-order valence-electron chi connectivity index (χ1n) is 6.00. The van der Waals surface area contributed by atoms with E-state index in [1.54, 1.807) is 12.1 Å². The number of hydrogen-bond donors (Lipinski definition) is 1. The van der Waals surface area contributed by atoms with Crippen LogP contribution in [0.25, 0.3) is 0 Å². The van der Waals surface area contributed by atoms with Gasteiger partial charge < -0.3 is 10.1 Å². The van der Waals surface area contributed by atoms with Crippen LogP contribution in [0.4, 0.5) is 0 Å². The van der Waals surface area contributed by atoms with E-state index in [-0.39, 0.29) is 30.8 Å². The van der Waals surface area contributed by atoms with Gasteiger partial charge in [-0.25, -0.2) is 4.79 Å². The Hall–Kier alpha value is -0.520. The van der Waals surface area contributed by atoms with Gasteiger partial charge in [0.25, 0.3) is 0 Å². The molecular weight excluding hydrogens is 323 g/mol. The Kier molecular flexibility index (Phi) is 9.18. The number of hydrogen-bond acceptors (Lipinski definition) is 4. The highest BCUT2D eigenvalue weighted by Gasteiger charge is 2.13. The van der Waals surface area contributed by atoms with E-state index in [0.717, 1.165) is 38.3 Å². The smallest absolute Gasteiger partial charge is 0.337 e. The largest absolute Gasteiger partial charge is 0.465 e. The highest BCUT2D eigenvalue weighted by molar-refractivity contribution is 6.31. The van der Waals surface area contributed by atoms with Crippen molar-refractivity contribution < 1.29 is 9.53 Å². The molecule has 0 unspecified atom stereocenters. The molecule has 1 aliphatic rings. The number of esters is 1. The molecule has 1 aliphatic heterocycles. The van der Waals surface area contributed by atoms with Gasteiger partial charge in [0.2, 0.25) is 0 Å². The molecule has 0 atom stereocenters. The molecular formula is C13H19Cl3N2O2. The van der Waals surface area contributed by atoms with Gasteiger partial charge in [-0.1, -0.05) is 17.7 Å². The van der Waals surface area contributed by atoms with Crippen LogP contribution in [-0.4, -0.2) is 44.2 Å². The van der Waals surface area contributed by atoms with Crippen molar-refractivity contribution in [1.29, 1.82) is 0 Å². The second-order valence-corrected chi connectivity index (χ2v) is 4.73. The number of piperazine rings is 1. The number of carbonyl (C=O) groups excluding carboxylic acids is 1. The van der Waals surface area contributed by atoms with E-state index in [2.05, 4.69) is 15.0 Å². The van der Waals surface area contributed by atoms with Crippen molar-refractivity contribution in [1.82, 2.24) is 10.2 Å². The van der Waals surface area contributed by atoms with E-state index >= 15 is 0 Å². The Bertz CT molecular complexity index is 438. The maximum Gasteiger partial charge on any atom is 0.337 e. The third kappa shape index (κ3) is 5.11. The van der Waals surface area contributed by atoms with Crippen LogP contribution in [0.1, 0.15) is 15.9 Å². The lowest BCUT2D eigenvalue weighted by molar-refractivity contribution is 0.0600. The van der Waals surface area contributed by atoms with Gasteiger partial charge in [0.05, 0.1) is 12.7 Å². The average Bonchev–Trinajstić information content (AvgIpc) is 2.41. The van der Waals surface area contributed by atoms with Gasteiger partial charge in [-0.3, -0.25) is 4.90 Å². The van der Waals surface area contributed by atoms with Crippen molar-refractivity contribution in [2.24, 2.45) is 0 Å². The summed E-state index contributed by atoms with van der Waals surface area (Å²) in [6, 6.07) is 5.33. The zero-order chi connectivity index (χ0) is 13.0. The van der Waals surface area contributed by atoms with Crippen molar-refractivity contribution in [3.05, 3.63) is 34.3 Å². The Labute approximate surface area is 136 Å². The van der Waals surface area contributed by atoms with E-state index in [1.165, 1.54) is 7.11 Å². The molecule has 0 saturated carbocycles. The normalized spacial score (nSPS) is 14.9. The molecule has 0 spiro atoms. The third-order valence-corrected chi connectivity index (χ3v) is 3.43. The Morgan fingerprint density at radius 1 is 1.35 bits per heavy atom. The fourth-order valence-corrected chi connectivity index (χ4v) is 2.27. The molecule has 114 valence electrons. The van der Waals surface area contributed by atoms with Crippen LogP contribution < -0.4 is 5.32 Å². The molecule has 0 aliphatic carbocycles. The number of rotatable bonds is 3.